The summed E-state index contributed by atoms with van der Waals surface area (Å²) >= 11 is 5.85. The summed E-state index contributed by atoms with van der Waals surface area (Å²) in [5.74, 6) is -2.77. The Bertz CT molecular complexity index is 1740. The molecule has 1 aliphatic heterocycles. The summed E-state index contributed by atoms with van der Waals surface area (Å²) in [6.45, 7) is 1.82. The van der Waals surface area contributed by atoms with Crippen LogP contribution in [0, 0.1) is 17.6 Å². The molecular formula is C31H27ClF2N4O4. The normalized spacial score (nSPS) is 16.9. The van der Waals surface area contributed by atoms with Crippen molar-refractivity contribution < 1.29 is 23.1 Å². The Kier molecular flexibility index (Phi) is 8.44. The lowest BCUT2D eigenvalue weighted by Gasteiger charge is -2.22. The van der Waals surface area contributed by atoms with E-state index in [1.54, 1.807) is 24.4 Å². The smallest absolute Gasteiger partial charge is 0.309 e. The van der Waals surface area contributed by atoms with Crippen LogP contribution in [0.25, 0.3) is 22.3 Å². The van der Waals surface area contributed by atoms with Gasteiger partial charge in [-0.15, -0.1) is 0 Å². The van der Waals surface area contributed by atoms with Crippen LogP contribution < -0.4 is 10.9 Å². The minimum atomic E-state index is -0.975. The number of methoxy groups -OCH3 is 1. The number of ether oxygens (including phenoxy) is 1. The van der Waals surface area contributed by atoms with Crippen LogP contribution in [0.4, 0.5) is 14.5 Å². The van der Waals surface area contributed by atoms with Gasteiger partial charge in [0, 0.05) is 35.0 Å². The number of amides is 1. The summed E-state index contributed by atoms with van der Waals surface area (Å²) in [6.07, 6.45) is 4.40. The molecule has 2 aromatic heterocycles. The Morgan fingerprint density at radius 2 is 1.90 bits per heavy atom. The molecule has 11 heteroatoms. The zero-order chi connectivity index (χ0) is 30.0. The number of rotatable bonds is 4. The summed E-state index contributed by atoms with van der Waals surface area (Å²) < 4.78 is 35.2. The van der Waals surface area contributed by atoms with E-state index in [0.29, 0.717) is 41.8 Å². The highest BCUT2D eigenvalue weighted by atomic mass is 35.5. The van der Waals surface area contributed by atoms with Crippen LogP contribution >= 0.6 is 11.6 Å². The predicted molar refractivity (Wildman–Crippen MR) is 154 cm³/mol. The van der Waals surface area contributed by atoms with Gasteiger partial charge in [-0.05, 0) is 54.3 Å². The molecule has 0 spiro atoms. The molecule has 0 unspecified atom stereocenters. The Labute approximate surface area is 245 Å². The number of esters is 1. The van der Waals surface area contributed by atoms with Gasteiger partial charge in [0.25, 0.3) is 5.56 Å². The maximum absolute atomic E-state index is 14.7. The van der Waals surface area contributed by atoms with Crippen molar-refractivity contribution in [3.05, 3.63) is 99.2 Å². The lowest BCUT2D eigenvalue weighted by molar-refractivity contribution is -0.139. The third-order valence-electron chi connectivity index (χ3n) is 7.37. The van der Waals surface area contributed by atoms with Gasteiger partial charge in [0.15, 0.2) is 5.82 Å². The fourth-order valence-corrected chi connectivity index (χ4v) is 5.23. The van der Waals surface area contributed by atoms with Gasteiger partial charge in [-0.2, -0.15) is 5.10 Å². The largest absolute Gasteiger partial charge is 0.469 e. The van der Waals surface area contributed by atoms with Crippen molar-refractivity contribution in [1.82, 2.24) is 14.8 Å². The van der Waals surface area contributed by atoms with Gasteiger partial charge in [-0.3, -0.25) is 19.4 Å². The minimum absolute atomic E-state index is 0.0365. The average molecular weight is 593 g/mol. The van der Waals surface area contributed by atoms with Crippen molar-refractivity contribution in [3.8, 4) is 22.3 Å². The highest BCUT2D eigenvalue weighted by Gasteiger charge is 2.24. The van der Waals surface area contributed by atoms with Gasteiger partial charge in [0.05, 0.1) is 42.0 Å². The third kappa shape index (κ3) is 5.94. The van der Waals surface area contributed by atoms with Gasteiger partial charge in [0.2, 0.25) is 5.91 Å². The topological polar surface area (TPSA) is 103 Å². The fraction of sp³-hybridized carbons (Fsp3) is 0.258. The van der Waals surface area contributed by atoms with E-state index >= 15 is 0 Å². The number of pyridine rings is 1. The number of halogens is 3. The summed E-state index contributed by atoms with van der Waals surface area (Å²) in [6, 6.07) is 11.6. The molecule has 0 radical (unpaired) electrons. The SMILES string of the molecule is COC(=O)Cc1ccc2c(c1)NC(=O)[C@H](C)CCC[C@H](n1ncc(-c3c(F)ccc(Cl)c3F)cc1=O)c1cc-2ccn1. The molecule has 8 nitrogen and oxygen atoms in total. The van der Waals surface area contributed by atoms with Crippen LogP contribution in [0.2, 0.25) is 5.02 Å². The number of fused-ring (bicyclic) bond motifs is 4. The Morgan fingerprint density at radius 3 is 2.67 bits per heavy atom. The lowest BCUT2D eigenvalue weighted by atomic mass is 9.94. The van der Waals surface area contributed by atoms with Gasteiger partial charge >= 0.3 is 5.97 Å². The fourth-order valence-electron chi connectivity index (χ4n) is 5.07. The van der Waals surface area contributed by atoms with Crippen molar-refractivity contribution in [3.63, 3.8) is 0 Å². The molecule has 1 aliphatic rings. The molecule has 216 valence electrons. The van der Waals surface area contributed by atoms with Gasteiger partial charge in [0.1, 0.15) is 5.82 Å². The quantitative estimate of drug-likeness (QED) is 0.231. The predicted octanol–water partition coefficient (Wildman–Crippen LogP) is 5.97. The van der Waals surface area contributed by atoms with Crippen LogP contribution in [0.15, 0.2) is 65.7 Å². The number of nitrogens with zero attached hydrogens (tertiary/aromatic N) is 3. The highest BCUT2D eigenvalue weighted by Crippen LogP contribution is 2.34. The van der Waals surface area contributed by atoms with E-state index in [-0.39, 0.29) is 28.8 Å². The maximum Gasteiger partial charge on any atom is 0.309 e. The molecule has 1 amide bonds. The molecular weight excluding hydrogens is 566 g/mol. The average Bonchev–Trinajstić information content (AvgIpc) is 2.97. The monoisotopic (exact) mass is 592 g/mol. The molecule has 0 aliphatic carbocycles. The summed E-state index contributed by atoms with van der Waals surface area (Å²) in [5, 5.41) is 7.04. The zero-order valence-corrected chi connectivity index (χ0v) is 23.6. The van der Waals surface area contributed by atoms with Crippen molar-refractivity contribution in [1.29, 1.82) is 0 Å². The molecule has 0 saturated heterocycles. The van der Waals surface area contributed by atoms with Gasteiger partial charge < -0.3 is 10.1 Å². The van der Waals surface area contributed by atoms with Crippen molar-refractivity contribution in [2.45, 2.75) is 38.6 Å². The first-order chi connectivity index (χ1) is 20.2. The van der Waals surface area contributed by atoms with Crippen LogP contribution in [0.1, 0.15) is 43.5 Å². The molecule has 3 heterocycles. The van der Waals surface area contributed by atoms with Crippen molar-refractivity contribution in [2.75, 3.05) is 12.4 Å². The number of carbonyl (C=O) groups excluding carboxylic acids is 2. The van der Waals surface area contributed by atoms with Gasteiger partial charge in [-0.1, -0.05) is 37.1 Å². The van der Waals surface area contributed by atoms with E-state index < -0.39 is 34.8 Å². The molecule has 4 aromatic rings. The van der Waals surface area contributed by atoms with Gasteiger partial charge in [-0.25, -0.2) is 13.5 Å². The second-order valence-electron chi connectivity index (χ2n) is 10.2. The van der Waals surface area contributed by atoms with Crippen LogP contribution in [-0.4, -0.2) is 33.8 Å². The number of benzene rings is 2. The Balaban J connectivity index is 1.59. The first kappa shape index (κ1) is 29.1. The molecule has 42 heavy (non-hydrogen) atoms. The Hall–Kier alpha value is -4.44. The summed E-state index contributed by atoms with van der Waals surface area (Å²) in [7, 11) is 1.32. The van der Waals surface area contributed by atoms with E-state index in [0.717, 1.165) is 23.8 Å². The molecule has 1 N–H and O–H groups in total. The number of carbonyl (C=O) groups is 2. The second kappa shape index (κ2) is 12.2. The Morgan fingerprint density at radius 1 is 1.10 bits per heavy atom. The van der Waals surface area contributed by atoms with E-state index in [9.17, 15) is 23.2 Å². The first-order valence-corrected chi connectivity index (χ1v) is 13.7. The number of aromatic nitrogens is 3. The number of nitrogens with one attached hydrogen (secondary N) is 1. The van der Waals surface area contributed by atoms with Crippen molar-refractivity contribution >= 4 is 29.2 Å². The zero-order valence-electron chi connectivity index (χ0n) is 22.9. The minimum Gasteiger partial charge on any atom is -0.469 e. The third-order valence-corrected chi connectivity index (χ3v) is 7.66. The molecule has 2 atom stereocenters. The molecule has 0 fully saturated rings. The molecule has 5 rings (SSSR count). The van der Waals surface area contributed by atoms with Crippen LogP contribution in [-0.2, 0) is 20.7 Å². The van der Waals surface area contributed by atoms with E-state index in [1.807, 2.05) is 19.1 Å². The molecule has 2 aromatic carbocycles. The standard InChI is InChI=1S/C31H27ClF2N4O4/c1-17-4-3-5-26(38-27(39)15-20(16-36-38)29-23(33)9-8-22(32)30(29)34)25-14-19(10-11-35-25)21-7-6-18(13-28(40)42-2)12-24(21)37-31(17)41/h6-12,14-17,26H,3-5,13H2,1-2H3,(H,37,41)/t17-,26+/m1/s1. The molecule has 2 bridgehead atoms. The maximum atomic E-state index is 14.7. The summed E-state index contributed by atoms with van der Waals surface area (Å²) in [5.41, 5.74) is 2.16. The second-order valence-corrected chi connectivity index (χ2v) is 10.6. The lowest BCUT2D eigenvalue weighted by Crippen LogP contribution is -2.29. The number of anilines is 1. The van der Waals surface area contributed by atoms with E-state index in [4.69, 9.17) is 16.3 Å². The van der Waals surface area contributed by atoms with Crippen LogP contribution in [0.3, 0.4) is 0 Å². The van der Waals surface area contributed by atoms with E-state index in [2.05, 4.69) is 15.4 Å². The van der Waals surface area contributed by atoms with Crippen LogP contribution in [0.5, 0.6) is 0 Å². The van der Waals surface area contributed by atoms with E-state index in [1.165, 1.54) is 18.0 Å². The first-order valence-electron chi connectivity index (χ1n) is 13.4. The molecule has 0 saturated carbocycles. The number of hydrogen-bond acceptors (Lipinski definition) is 6. The highest BCUT2D eigenvalue weighted by molar-refractivity contribution is 6.31. The summed E-state index contributed by atoms with van der Waals surface area (Å²) in [4.78, 5) is 42.9. The van der Waals surface area contributed by atoms with Crippen molar-refractivity contribution in [2.24, 2.45) is 5.92 Å². The number of hydrogen-bond donors (Lipinski definition) is 1.